The molecule has 0 aliphatic heterocycles. The number of nitrogens with zero attached hydrogens (tertiary/aromatic N) is 4. The van der Waals surface area contributed by atoms with Crippen LogP contribution in [0.2, 0.25) is 18.1 Å². The highest BCUT2D eigenvalue weighted by molar-refractivity contribution is 6.74. The molecule has 1 aromatic carbocycles. The molecular weight excluding hydrogens is 506 g/mol. The highest BCUT2D eigenvalue weighted by Gasteiger charge is 2.43. The molecule has 11 nitrogen and oxygen atoms in total. The maximum atomic E-state index is 13.6. The van der Waals surface area contributed by atoms with Gasteiger partial charge in [0.15, 0.2) is 8.32 Å². The average molecular weight is 542 g/mol. The Kier molecular flexibility index (Phi) is 8.57. The summed E-state index contributed by atoms with van der Waals surface area (Å²) in [6.45, 7) is 12.2. The fraction of sp³-hybridized carbons (Fsp3) is 0.423. The zero-order valence-corrected chi connectivity index (χ0v) is 23.8. The number of aromatic nitrogens is 3. The first kappa shape index (κ1) is 28.8. The van der Waals surface area contributed by atoms with Crippen molar-refractivity contribution in [3.8, 4) is 0 Å². The van der Waals surface area contributed by atoms with Crippen LogP contribution in [-0.4, -0.2) is 70.4 Å². The lowest BCUT2D eigenvalue weighted by Gasteiger charge is -2.41. The number of carboxylic acid groups (broad SMARTS) is 1. The smallest absolute Gasteiger partial charge is 0.432 e. The van der Waals surface area contributed by atoms with Gasteiger partial charge in [-0.15, -0.1) is 0 Å². The van der Waals surface area contributed by atoms with Crippen LogP contribution in [0.25, 0.3) is 11.0 Å². The lowest BCUT2D eigenvalue weighted by molar-refractivity contribution is -0.123. The van der Waals surface area contributed by atoms with Crippen molar-refractivity contribution >= 4 is 43.3 Å². The van der Waals surface area contributed by atoms with Gasteiger partial charge in [0.05, 0.1) is 17.8 Å². The lowest BCUT2D eigenvalue weighted by atomic mass is 10.1. The predicted octanol–water partition coefficient (Wildman–Crippen LogP) is 4.94. The van der Waals surface area contributed by atoms with Gasteiger partial charge >= 0.3 is 12.2 Å². The minimum atomic E-state index is -2.31. The van der Waals surface area contributed by atoms with Crippen molar-refractivity contribution in [2.24, 2.45) is 0 Å². The van der Waals surface area contributed by atoms with E-state index >= 15 is 0 Å². The van der Waals surface area contributed by atoms with Gasteiger partial charge in [0.2, 0.25) is 0 Å². The van der Waals surface area contributed by atoms with Crippen molar-refractivity contribution in [3.63, 3.8) is 0 Å². The Hall–Kier alpha value is -3.77. The average Bonchev–Trinajstić information content (AvgIpc) is 3.25. The van der Waals surface area contributed by atoms with Gasteiger partial charge in [0.25, 0.3) is 5.91 Å². The van der Waals surface area contributed by atoms with E-state index in [-0.39, 0.29) is 23.0 Å². The van der Waals surface area contributed by atoms with Crippen LogP contribution in [-0.2, 0) is 20.6 Å². The van der Waals surface area contributed by atoms with E-state index in [1.54, 1.807) is 6.92 Å². The molecule has 3 aromatic rings. The summed E-state index contributed by atoms with van der Waals surface area (Å²) in [6.07, 6.45) is -1.28. The van der Waals surface area contributed by atoms with Gasteiger partial charge in [-0.3, -0.25) is 9.69 Å². The van der Waals surface area contributed by atoms with E-state index in [0.29, 0.717) is 5.52 Å². The van der Waals surface area contributed by atoms with E-state index in [2.05, 4.69) is 49.3 Å². The molecular formula is C26H35N5O6Si. The molecule has 0 bridgehead atoms. The third-order valence-corrected chi connectivity index (χ3v) is 11.3. The number of pyridine rings is 1. The number of ether oxygens (including phenoxy) is 1. The molecule has 0 aliphatic rings. The van der Waals surface area contributed by atoms with E-state index in [4.69, 9.17) is 9.16 Å². The topological polar surface area (TPSA) is 136 Å². The highest BCUT2D eigenvalue weighted by atomic mass is 28.4. The number of carbonyl (C=O) groups excluding carboxylic acids is 2. The van der Waals surface area contributed by atoms with E-state index in [1.165, 1.54) is 30.3 Å². The summed E-state index contributed by atoms with van der Waals surface area (Å²) < 4.78 is 12.8. The number of fused-ring (bicyclic) bond motifs is 1. The Bertz CT molecular complexity index is 1300. The molecule has 0 radical (unpaired) electrons. The maximum Gasteiger partial charge on any atom is 0.432 e. The number of nitrogens with one attached hydrogen (secondary N) is 1. The Balaban J connectivity index is 1.85. The van der Waals surface area contributed by atoms with Gasteiger partial charge in [-0.1, -0.05) is 51.1 Å². The summed E-state index contributed by atoms with van der Waals surface area (Å²) in [5.41, 5.74) is 1.39. The zero-order valence-electron chi connectivity index (χ0n) is 22.8. The number of hydrogen-bond donors (Lipinski definition) is 2. The van der Waals surface area contributed by atoms with E-state index in [1.807, 2.05) is 30.3 Å². The normalized spacial score (nSPS) is 13.6. The molecule has 2 heterocycles. The standard InChI is InChI=1S/C26H35N5O6Si/c1-17(37-38(6,7)26(2,3)4)22(30(5)25(35)36-16-18-11-9-8-10-12-18)23(32)29-21-14-13-20-19(28-21)15-27-31(20)24(33)34/h8-15,17,22H,16H2,1-7H3,(H,33,34)(H,28,29,32)/t17-,22+/m0/s1. The Labute approximate surface area is 222 Å². The number of benzene rings is 1. The first-order valence-electron chi connectivity index (χ1n) is 12.2. The minimum Gasteiger partial charge on any atom is -0.463 e. The first-order chi connectivity index (χ1) is 17.7. The molecule has 3 rings (SSSR count). The van der Waals surface area contributed by atoms with Gasteiger partial charge < -0.3 is 19.6 Å². The van der Waals surface area contributed by atoms with E-state index in [0.717, 1.165) is 10.2 Å². The van der Waals surface area contributed by atoms with Crippen LogP contribution in [0.15, 0.2) is 48.7 Å². The molecule has 0 saturated heterocycles. The van der Waals surface area contributed by atoms with Crippen LogP contribution in [0.1, 0.15) is 33.3 Å². The molecule has 0 aliphatic carbocycles. The number of rotatable bonds is 8. The van der Waals surface area contributed by atoms with Crippen LogP contribution in [0.5, 0.6) is 0 Å². The first-order valence-corrected chi connectivity index (χ1v) is 15.1. The van der Waals surface area contributed by atoms with Crippen LogP contribution in [0, 0.1) is 0 Å². The summed E-state index contributed by atoms with van der Waals surface area (Å²) in [7, 11) is -0.809. The quantitative estimate of drug-likeness (QED) is 0.383. The molecule has 0 unspecified atom stereocenters. The van der Waals surface area contributed by atoms with Crippen LogP contribution in [0.3, 0.4) is 0 Å². The number of carbonyl (C=O) groups is 3. The molecule has 2 atom stereocenters. The second-order valence-corrected chi connectivity index (χ2v) is 15.4. The third kappa shape index (κ3) is 6.56. The molecule has 0 saturated carbocycles. The molecule has 0 spiro atoms. The van der Waals surface area contributed by atoms with Gasteiger partial charge in [-0.05, 0) is 42.8 Å². The zero-order chi connectivity index (χ0) is 28.3. The number of amides is 2. The Morgan fingerprint density at radius 2 is 1.79 bits per heavy atom. The number of hydrogen-bond acceptors (Lipinski definition) is 7. The predicted molar refractivity (Wildman–Crippen MR) is 146 cm³/mol. The van der Waals surface area contributed by atoms with Gasteiger partial charge in [-0.2, -0.15) is 9.78 Å². The van der Waals surface area contributed by atoms with Crippen molar-refractivity contribution in [2.75, 3.05) is 12.4 Å². The van der Waals surface area contributed by atoms with Crippen molar-refractivity contribution in [1.82, 2.24) is 19.7 Å². The SMILES string of the molecule is C[C@H](O[Si](C)(C)C(C)(C)C)[C@H](C(=O)Nc1ccc2c(cnn2C(=O)O)n1)N(C)C(=O)OCc1ccccc1. The van der Waals surface area contributed by atoms with Crippen molar-refractivity contribution in [1.29, 1.82) is 0 Å². The lowest BCUT2D eigenvalue weighted by Crippen LogP contribution is -2.55. The fourth-order valence-corrected chi connectivity index (χ4v) is 5.10. The Morgan fingerprint density at radius 3 is 2.39 bits per heavy atom. The van der Waals surface area contributed by atoms with Crippen molar-refractivity contribution < 1.29 is 28.7 Å². The molecule has 38 heavy (non-hydrogen) atoms. The summed E-state index contributed by atoms with van der Waals surface area (Å²) in [6, 6.07) is 11.2. The molecule has 2 amide bonds. The van der Waals surface area contributed by atoms with Crippen LogP contribution >= 0.6 is 0 Å². The van der Waals surface area contributed by atoms with E-state index < -0.39 is 38.6 Å². The van der Waals surface area contributed by atoms with E-state index in [9.17, 15) is 19.5 Å². The van der Waals surface area contributed by atoms with Crippen molar-refractivity contribution in [3.05, 3.63) is 54.2 Å². The van der Waals surface area contributed by atoms with Crippen LogP contribution < -0.4 is 5.32 Å². The summed E-state index contributed by atoms with van der Waals surface area (Å²) >= 11 is 0. The van der Waals surface area contributed by atoms with Crippen LogP contribution in [0.4, 0.5) is 15.4 Å². The van der Waals surface area contributed by atoms with Crippen molar-refractivity contribution in [2.45, 2.75) is 64.6 Å². The maximum absolute atomic E-state index is 13.6. The molecule has 2 aromatic heterocycles. The second kappa shape index (κ2) is 11.3. The minimum absolute atomic E-state index is 0.0572. The third-order valence-electron chi connectivity index (χ3n) is 6.77. The number of anilines is 1. The monoisotopic (exact) mass is 541 g/mol. The summed E-state index contributed by atoms with van der Waals surface area (Å²) in [5, 5.41) is 15.7. The summed E-state index contributed by atoms with van der Waals surface area (Å²) in [4.78, 5) is 43.5. The second-order valence-electron chi connectivity index (χ2n) is 10.6. The van der Waals surface area contributed by atoms with Gasteiger partial charge in [-0.25, -0.2) is 14.6 Å². The molecule has 2 N–H and O–H groups in total. The molecule has 12 heteroatoms. The molecule has 204 valence electrons. The fourth-order valence-electron chi connectivity index (χ4n) is 3.68. The van der Waals surface area contributed by atoms with Gasteiger partial charge in [0, 0.05) is 7.05 Å². The molecule has 0 fully saturated rings. The number of likely N-dealkylation sites (N-methyl/N-ethyl adjacent to an activating group) is 1. The summed E-state index contributed by atoms with van der Waals surface area (Å²) in [5.74, 6) is -0.337. The Morgan fingerprint density at radius 1 is 1.13 bits per heavy atom. The largest absolute Gasteiger partial charge is 0.463 e. The van der Waals surface area contributed by atoms with Gasteiger partial charge in [0.1, 0.15) is 24.0 Å². The highest BCUT2D eigenvalue weighted by Crippen LogP contribution is 2.38.